The quantitative estimate of drug-likeness (QED) is 0.829. The number of ether oxygens (including phenoxy) is 1. The van der Waals surface area contributed by atoms with E-state index in [4.69, 9.17) is 9.15 Å². The Morgan fingerprint density at radius 2 is 1.95 bits per heavy atom. The average Bonchev–Trinajstić information content (AvgIpc) is 3.05. The van der Waals surface area contributed by atoms with Crippen LogP contribution in [0, 0.1) is 0 Å². The van der Waals surface area contributed by atoms with Gasteiger partial charge in [0.1, 0.15) is 0 Å². The first-order valence-corrected chi connectivity index (χ1v) is 6.77. The van der Waals surface area contributed by atoms with Crippen LogP contribution in [0.4, 0.5) is 0 Å². The molecule has 0 fully saturated rings. The van der Waals surface area contributed by atoms with E-state index in [1.807, 2.05) is 30.3 Å². The van der Waals surface area contributed by atoms with Gasteiger partial charge >= 0.3 is 5.97 Å². The minimum atomic E-state index is -0.827. The number of carbonyl (C=O) groups is 2. The van der Waals surface area contributed by atoms with Crippen LogP contribution in [0.25, 0.3) is 0 Å². The second kappa shape index (κ2) is 7.28. The fourth-order valence-corrected chi connectivity index (χ4v) is 1.80. The van der Waals surface area contributed by atoms with E-state index in [1.165, 1.54) is 12.3 Å². The van der Waals surface area contributed by atoms with Crippen LogP contribution in [-0.4, -0.2) is 18.0 Å². The van der Waals surface area contributed by atoms with Crippen LogP contribution in [0.5, 0.6) is 0 Å². The lowest BCUT2D eigenvalue weighted by Gasteiger charge is -2.15. The van der Waals surface area contributed by atoms with Gasteiger partial charge in [0.05, 0.1) is 6.26 Å². The van der Waals surface area contributed by atoms with Crippen LogP contribution >= 0.6 is 0 Å². The fourth-order valence-electron chi connectivity index (χ4n) is 1.80. The predicted molar refractivity (Wildman–Crippen MR) is 76.5 cm³/mol. The van der Waals surface area contributed by atoms with E-state index in [0.717, 1.165) is 5.56 Å². The third-order valence-corrected chi connectivity index (χ3v) is 2.94. The van der Waals surface area contributed by atoms with Gasteiger partial charge in [-0.1, -0.05) is 37.3 Å². The van der Waals surface area contributed by atoms with E-state index in [0.29, 0.717) is 13.0 Å². The summed E-state index contributed by atoms with van der Waals surface area (Å²) in [5, 5.41) is 2.75. The Morgan fingerprint density at radius 3 is 2.57 bits per heavy atom. The molecule has 1 atom stereocenters. The Morgan fingerprint density at radius 1 is 1.19 bits per heavy atom. The van der Waals surface area contributed by atoms with Crippen LogP contribution in [0.1, 0.15) is 29.5 Å². The lowest BCUT2D eigenvalue weighted by Crippen LogP contribution is -2.37. The zero-order chi connectivity index (χ0) is 15.1. The molecular weight excluding hydrogens is 270 g/mol. The third kappa shape index (κ3) is 4.21. The van der Waals surface area contributed by atoms with Crippen molar-refractivity contribution < 1.29 is 18.7 Å². The van der Waals surface area contributed by atoms with Crippen molar-refractivity contribution in [1.82, 2.24) is 5.32 Å². The van der Waals surface area contributed by atoms with Crippen molar-refractivity contribution in [2.24, 2.45) is 0 Å². The molecule has 0 radical (unpaired) electrons. The standard InChI is InChI=1S/C16H17NO4/c1-2-13(21-16(19)14-9-6-10-20-14)15(18)17-11-12-7-4-3-5-8-12/h3-10,13H,2,11H2,1H3,(H,17,18)/t13-/m1/s1. The van der Waals surface area contributed by atoms with Crippen LogP contribution in [-0.2, 0) is 16.1 Å². The van der Waals surface area contributed by atoms with E-state index in [-0.39, 0.29) is 11.7 Å². The lowest BCUT2D eigenvalue weighted by atomic mass is 10.2. The Kier molecular flexibility index (Phi) is 5.15. The molecule has 1 N–H and O–H groups in total. The monoisotopic (exact) mass is 287 g/mol. The SMILES string of the molecule is CC[C@@H](OC(=O)c1ccco1)C(=O)NCc1ccccc1. The summed E-state index contributed by atoms with van der Waals surface area (Å²) in [6.45, 7) is 2.18. The number of carbonyl (C=O) groups excluding carboxylic acids is 2. The molecule has 0 aliphatic rings. The molecule has 110 valence electrons. The normalized spacial score (nSPS) is 11.7. The topological polar surface area (TPSA) is 68.5 Å². The molecule has 0 aliphatic carbocycles. The van der Waals surface area contributed by atoms with E-state index >= 15 is 0 Å². The Hall–Kier alpha value is -2.56. The summed E-state index contributed by atoms with van der Waals surface area (Å²) in [6, 6.07) is 12.6. The van der Waals surface area contributed by atoms with Crippen molar-refractivity contribution in [2.45, 2.75) is 26.0 Å². The molecule has 1 aromatic heterocycles. The summed E-state index contributed by atoms with van der Waals surface area (Å²) in [5.74, 6) is -0.868. The maximum Gasteiger partial charge on any atom is 0.374 e. The van der Waals surface area contributed by atoms with Crippen LogP contribution in [0.15, 0.2) is 53.1 Å². The van der Waals surface area contributed by atoms with Gasteiger partial charge in [-0.15, -0.1) is 0 Å². The average molecular weight is 287 g/mol. The van der Waals surface area contributed by atoms with E-state index in [9.17, 15) is 9.59 Å². The second-order valence-corrected chi connectivity index (χ2v) is 4.48. The molecule has 21 heavy (non-hydrogen) atoms. The molecule has 0 bridgehead atoms. The van der Waals surface area contributed by atoms with Gasteiger partial charge in [0.25, 0.3) is 5.91 Å². The number of nitrogens with one attached hydrogen (secondary N) is 1. The Bertz CT molecular complexity index is 578. The fraction of sp³-hybridized carbons (Fsp3) is 0.250. The summed E-state index contributed by atoms with van der Waals surface area (Å²) in [7, 11) is 0. The van der Waals surface area contributed by atoms with Crippen molar-refractivity contribution >= 4 is 11.9 Å². The van der Waals surface area contributed by atoms with E-state index in [1.54, 1.807) is 13.0 Å². The summed E-state index contributed by atoms with van der Waals surface area (Å²) in [5.41, 5.74) is 0.984. The minimum Gasteiger partial charge on any atom is -0.457 e. The highest BCUT2D eigenvalue weighted by Crippen LogP contribution is 2.07. The summed E-state index contributed by atoms with van der Waals surface area (Å²) in [4.78, 5) is 23.8. The van der Waals surface area contributed by atoms with Crippen molar-refractivity contribution in [3.63, 3.8) is 0 Å². The molecule has 0 saturated heterocycles. The summed E-state index contributed by atoms with van der Waals surface area (Å²) >= 11 is 0. The molecule has 2 aromatic rings. The number of hydrogen-bond acceptors (Lipinski definition) is 4. The first-order chi connectivity index (χ1) is 10.2. The van der Waals surface area contributed by atoms with Gasteiger partial charge in [0, 0.05) is 6.54 Å². The van der Waals surface area contributed by atoms with Gasteiger partial charge in [0.2, 0.25) is 5.76 Å². The number of esters is 1. The van der Waals surface area contributed by atoms with Crippen molar-refractivity contribution in [3.05, 3.63) is 60.1 Å². The molecule has 0 saturated carbocycles. The highest BCUT2D eigenvalue weighted by Gasteiger charge is 2.22. The van der Waals surface area contributed by atoms with E-state index in [2.05, 4.69) is 5.32 Å². The van der Waals surface area contributed by atoms with Crippen LogP contribution in [0.2, 0.25) is 0 Å². The highest BCUT2D eigenvalue weighted by molar-refractivity contribution is 5.90. The van der Waals surface area contributed by atoms with Crippen LogP contribution < -0.4 is 5.32 Å². The van der Waals surface area contributed by atoms with Gasteiger partial charge in [-0.2, -0.15) is 0 Å². The van der Waals surface area contributed by atoms with E-state index < -0.39 is 12.1 Å². The number of furan rings is 1. The minimum absolute atomic E-state index is 0.0873. The molecule has 1 amide bonds. The Labute approximate surface area is 122 Å². The molecule has 2 rings (SSSR count). The second-order valence-electron chi connectivity index (χ2n) is 4.48. The smallest absolute Gasteiger partial charge is 0.374 e. The Balaban J connectivity index is 1.88. The third-order valence-electron chi connectivity index (χ3n) is 2.94. The van der Waals surface area contributed by atoms with Gasteiger partial charge in [-0.3, -0.25) is 4.79 Å². The first-order valence-electron chi connectivity index (χ1n) is 6.77. The molecule has 5 nitrogen and oxygen atoms in total. The molecule has 0 aliphatic heterocycles. The van der Waals surface area contributed by atoms with Crippen molar-refractivity contribution in [3.8, 4) is 0 Å². The number of rotatable bonds is 6. The van der Waals surface area contributed by atoms with Crippen LogP contribution in [0.3, 0.4) is 0 Å². The van der Waals surface area contributed by atoms with Gasteiger partial charge in [0.15, 0.2) is 6.10 Å². The number of amides is 1. The maximum atomic E-state index is 12.0. The lowest BCUT2D eigenvalue weighted by molar-refractivity contribution is -0.130. The number of hydrogen-bond donors (Lipinski definition) is 1. The summed E-state index contributed by atoms with van der Waals surface area (Å²) < 4.78 is 10.1. The van der Waals surface area contributed by atoms with Gasteiger partial charge in [-0.25, -0.2) is 4.79 Å². The zero-order valence-corrected chi connectivity index (χ0v) is 11.7. The number of benzene rings is 1. The van der Waals surface area contributed by atoms with Gasteiger partial charge in [-0.05, 0) is 24.1 Å². The molecule has 5 heteroatoms. The molecule has 0 spiro atoms. The largest absolute Gasteiger partial charge is 0.457 e. The highest BCUT2D eigenvalue weighted by atomic mass is 16.6. The first kappa shape index (κ1) is 14.8. The maximum absolute atomic E-state index is 12.0. The molecular formula is C16H17NO4. The molecule has 1 aromatic carbocycles. The zero-order valence-electron chi connectivity index (χ0n) is 11.7. The summed E-state index contributed by atoms with van der Waals surface area (Å²) in [6.07, 6.45) is 0.950. The molecule has 0 unspecified atom stereocenters. The van der Waals surface area contributed by atoms with Gasteiger partial charge < -0.3 is 14.5 Å². The predicted octanol–water partition coefficient (Wildman–Crippen LogP) is 2.53. The molecule has 1 heterocycles. The van der Waals surface area contributed by atoms with Crippen molar-refractivity contribution in [2.75, 3.05) is 0 Å². The van der Waals surface area contributed by atoms with Crippen molar-refractivity contribution in [1.29, 1.82) is 0 Å².